The van der Waals surface area contributed by atoms with Gasteiger partial charge in [0.15, 0.2) is 0 Å². The van der Waals surface area contributed by atoms with Crippen molar-refractivity contribution in [2.45, 2.75) is 50.7 Å². The van der Waals surface area contributed by atoms with Crippen LogP contribution in [0.3, 0.4) is 0 Å². The van der Waals surface area contributed by atoms with E-state index in [0.29, 0.717) is 12.6 Å². The van der Waals surface area contributed by atoms with E-state index in [1.807, 2.05) is 6.08 Å². The van der Waals surface area contributed by atoms with Gasteiger partial charge in [0.2, 0.25) is 0 Å². The molecule has 1 unspecified atom stereocenters. The summed E-state index contributed by atoms with van der Waals surface area (Å²) in [5.74, 6) is 0. The Morgan fingerprint density at radius 3 is 2.14 bits per heavy atom. The van der Waals surface area contributed by atoms with E-state index in [9.17, 15) is 0 Å². The van der Waals surface area contributed by atoms with Crippen molar-refractivity contribution < 1.29 is 9.16 Å². The molecule has 1 saturated heterocycles. The Morgan fingerprint density at radius 1 is 1.10 bits per heavy atom. The minimum absolute atomic E-state index is 0.0185. The lowest BCUT2D eigenvalue weighted by Crippen LogP contribution is -2.67. The normalized spacial score (nSPS) is 18.9. The summed E-state index contributed by atoms with van der Waals surface area (Å²) in [7, 11) is -2.51. The molecule has 4 heteroatoms. The number of ether oxygens (including phenoxy) is 1. The van der Waals surface area contributed by atoms with Crippen molar-refractivity contribution in [1.82, 2.24) is 5.32 Å². The monoisotopic (exact) mass is 409 g/mol. The molecule has 1 heterocycles. The predicted molar refractivity (Wildman–Crippen MR) is 125 cm³/mol. The molecule has 3 rings (SSSR count). The summed E-state index contributed by atoms with van der Waals surface area (Å²) in [6.45, 7) is 13.2. The van der Waals surface area contributed by atoms with Crippen LogP contribution in [0.4, 0.5) is 0 Å². The minimum Gasteiger partial charge on any atom is -0.405 e. The van der Waals surface area contributed by atoms with E-state index >= 15 is 0 Å². The fraction of sp³-hybridized carbons (Fsp3) is 0.440. The van der Waals surface area contributed by atoms with Crippen molar-refractivity contribution in [2.75, 3.05) is 19.8 Å². The zero-order valence-electron chi connectivity index (χ0n) is 18.1. The van der Waals surface area contributed by atoms with Crippen molar-refractivity contribution in [3.63, 3.8) is 0 Å². The van der Waals surface area contributed by atoms with Crippen LogP contribution >= 0.6 is 0 Å². The lowest BCUT2D eigenvalue weighted by Gasteiger charge is -2.43. The second kappa shape index (κ2) is 9.85. The summed E-state index contributed by atoms with van der Waals surface area (Å²) < 4.78 is 12.7. The third kappa shape index (κ3) is 5.07. The summed E-state index contributed by atoms with van der Waals surface area (Å²) >= 11 is 0. The molecule has 1 N–H and O–H groups in total. The van der Waals surface area contributed by atoms with Crippen LogP contribution < -0.4 is 15.7 Å². The Bertz CT molecular complexity index is 712. The fourth-order valence-electron chi connectivity index (χ4n) is 4.34. The number of rotatable bonds is 8. The average molecular weight is 410 g/mol. The van der Waals surface area contributed by atoms with Crippen LogP contribution in [0.15, 0.2) is 73.3 Å². The molecule has 0 bridgehead atoms. The molecule has 0 aliphatic carbocycles. The number of hydrogen-bond acceptors (Lipinski definition) is 3. The molecule has 0 aromatic heterocycles. The van der Waals surface area contributed by atoms with Gasteiger partial charge < -0.3 is 14.5 Å². The van der Waals surface area contributed by atoms with E-state index in [4.69, 9.17) is 9.16 Å². The van der Waals surface area contributed by atoms with Crippen LogP contribution in [0.2, 0.25) is 5.04 Å². The Balaban J connectivity index is 1.91. The average Bonchev–Trinajstić information content (AvgIpc) is 2.74. The zero-order chi connectivity index (χ0) is 20.7. The topological polar surface area (TPSA) is 30.5 Å². The van der Waals surface area contributed by atoms with Gasteiger partial charge in [-0.05, 0) is 28.3 Å². The molecule has 0 radical (unpaired) electrons. The van der Waals surface area contributed by atoms with Crippen LogP contribution in [0.5, 0.6) is 0 Å². The summed E-state index contributed by atoms with van der Waals surface area (Å²) in [5, 5.41) is 6.28. The number of hydrogen-bond donors (Lipinski definition) is 1. The third-order valence-electron chi connectivity index (χ3n) is 5.79. The zero-order valence-corrected chi connectivity index (χ0v) is 19.1. The van der Waals surface area contributed by atoms with Crippen LogP contribution in [-0.2, 0) is 9.16 Å². The van der Waals surface area contributed by atoms with Crippen molar-refractivity contribution in [3.8, 4) is 0 Å². The van der Waals surface area contributed by atoms with Gasteiger partial charge in [-0.2, -0.15) is 0 Å². The first-order valence-electron chi connectivity index (χ1n) is 10.7. The highest BCUT2D eigenvalue weighted by Crippen LogP contribution is 2.36. The van der Waals surface area contributed by atoms with Gasteiger partial charge >= 0.3 is 0 Å². The van der Waals surface area contributed by atoms with E-state index < -0.39 is 8.32 Å². The highest BCUT2D eigenvalue weighted by atomic mass is 28.4. The maximum Gasteiger partial charge on any atom is 0.261 e. The highest BCUT2D eigenvalue weighted by molar-refractivity contribution is 6.99. The van der Waals surface area contributed by atoms with Gasteiger partial charge in [0.1, 0.15) is 0 Å². The fourth-order valence-corrected chi connectivity index (χ4v) is 8.92. The summed E-state index contributed by atoms with van der Waals surface area (Å²) in [4.78, 5) is 0. The van der Waals surface area contributed by atoms with Crippen LogP contribution in [0, 0.1) is 0 Å². The Hall–Kier alpha value is -1.72. The molecule has 2 aromatic carbocycles. The molecule has 3 nitrogen and oxygen atoms in total. The first-order chi connectivity index (χ1) is 14.0. The molecule has 0 amide bonds. The van der Waals surface area contributed by atoms with E-state index in [2.05, 4.69) is 93.3 Å². The third-order valence-corrected chi connectivity index (χ3v) is 10.8. The first kappa shape index (κ1) is 22.0. The number of nitrogens with one attached hydrogen (secondary N) is 1. The van der Waals surface area contributed by atoms with E-state index in [1.54, 1.807) is 0 Å². The largest absolute Gasteiger partial charge is 0.405 e. The van der Waals surface area contributed by atoms with Crippen molar-refractivity contribution in [2.24, 2.45) is 0 Å². The first-order valence-corrected chi connectivity index (χ1v) is 12.6. The van der Waals surface area contributed by atoms with Crippen molar-refractivity contribution >= 4 is 18.7 Å². The summed E-state index contributed by atoms with van der Waals surface area (Å²) in [6, 6.07) is 22.0. The molecular formula is C25H35NO2Si. The van der Waals surface area contributed by atoms with E-state index in [0.717, 1.165) is 26.1 Å². The Kier molecular flexibility index (Phi) is 7.47. The highest BCUT2D eigenvalue weighted by Gasteiger charge is 2.50. The maximum atomic E-state index is 7.03. The molecule has 156 valence electrons. The lowest BCUT2D eigenvalue weighted by molar-refractivity contribution is 0.0657. The Labute approximate surface area is 177 Å². The molecule has 2 atom stereocenters. The van der Waals surface area contributed by atoms with Crippen LogP contribution in [0.1, 0.15) is 33.6 Å². The van der Waals surface area contributed by atoms with Gasteiger partial charge in [-0.15, -0.1) is 6.58 Å². The minimum atomic E-state index is -2.51. The molecule has 2 aromatic rings. The van der Waals surface area contributed by atoms with Crippen LogP contribution in [-0.4, -0.2) is 40.2 Å². The van der Waals surface area contributed by atoms with Gasteiger partial charge in [0, 0.05) is 18.7 Å². The second-order valence-corrected chi connectivity index (χ2v) is 13.2. The summed E-state index contributed by atoms with van der Waals surface area (Å²) in [5.41, 5.74) is 0. The van der Waals surface area contributed by atoms with E-state index in [1.165, 1.54) is 10.4 Å². The molecule has 29 heavy (non-hydrogen) atoms. The van der Waals surface area contributed by atoms with Gasteiger partial charge in [-0.3, -0.25) is 0 Å². The molecular weight excluding hydrogens is 374 g/mol. The molecule has 1 aliphatic rings. The van der Waals surface area contributed by atoms with Gasteiger partial charge in [0.25, 0.3) is 8.32 Å². The lowest BCUT2D eigenvalue weighted by atomic mass is 10.1. The molecule has 0 saturated carbocycles. The predicted octanol–water partition coefficient (Wildman–Crippen LogP) is 3.89. The number of benzene rings is 2. The van der Waals surface area contributed by atoms with Crippen molar-refractivity contribution in [1.29, 1.82) is 0 Å². The maximum absolute atomic E-state index is 7.03. The van der Waals surface area contributed by atoms with Crippen LogP contribution in [0.25, 0.3) is 0 Å². The summed E-state index contributed by atoms with van der Waals surface area (Å²) in [6.07, 6.45) is 4.23. The van der Waals surface area contributed by atoms with Gasteiger partial charge in [-0.25, -0.2) is 0 Å². The quantitative estimate of drug-likeness (QED) is 0.530. The SMILES string of the molecule is C=C[C@@H](CO[Si](c1ccccc1)(c1ccccc1)C(C)(C)C)NC1CCCOC1. The molecule has 1 aliphatic heterocycles. The van der Waals surface area contributed by atoms with E-state index in [-0.39, 0.29) is 11.1 Å². The van der Waals surface area contributed by atoms with Gasteiger partial charge in [0.05, 0.1) is 13.2 Å². The van der Waals surface area contributed by atoms with Gasteiger partial charge in [-0.1, -0.05) is 87.5 Å². The standard InChI is InChI=1S/C25H35NO2Si/c1-5-21(26-22-13-12-18-27-19-22)20-28-29(25(2,3)4,23-14-8-6-9-15-23)24-16-10-7-11-17-24/h5-11,14-17,21-22,26H,1,12-13,18-20H2,2-4H3/t21-,22?/m0/s1. The molecule has 1 fully saturated rings. The second-order valence-electron chi connectivity index (χ2n) is 8.90. The van der Waals surface area contributed by atoms with Crippen molar-refractivity contribution in [3.05, 3.63) is 73.3 Å². The smallest absolute Gasteiger partial charge is 0.261 e. The molecule has 0 spiro atoms. The Morgan fingerprint density at radius 2 is 1.69 bits per heavy atom.